The number of ether oxygens (including phenoxy) is 2. The number of benzene rings is 2. The monoisotopic (exact) mass is 355 g/mol. The van der Waals surface area contributed by atoms with E-state index in [2.05, 4.69) is 18.7 Å². The molecule has 0 bridgehead atoms. The topological polar surface area (TPSA) is 38.8 Å². The van der Waals surface area contributed by atoms with Crippen LogP contribution in [0.25, 0.3) is 0 Å². The Labute approximate surface area is 156 Å². The van der Waals surface area contributed by atoms with Crippen LogP contribution in [-0.4, -0.2) is 43.7 Å². The summed E-state index contributed by atoms with van der Waals surface area (Å²) in [5, 5.41) is 0. The van der Waals surface area contributed by atoms with E-state index in [0.29, 0.717) is 18.8 Å². The maximum absolute atomic E-state index is 12.5. The molecule has 140 valence electrons. The SMILES string of the molecule is CCN(CC)CCOCC(OC(=O)c1ccc(C)cc1)c1ccccc1. The van der Waals surface area contributed by atoms with E-state index in [0.717, 1.165) is 30.8 Å². The molecule has 1 unspecified atom stereocenters. The van der Waals surface area contributed by atoms with Crippen molar-refractivity contribution in [3.63, 3.8) is 0 Å². The molecule has 4 nitrogen and oxygen atoms in total. The summed E-state index contributed by atoms with van der Waals surface area (Å²) in [6.07, 6.45) is -0.415. The number of esters is 1. The van der Waals surface area contributed by atoms with E-state index in [1.54, 1.807) is 12.1 Å². The molecule has 4 heteroatoms. The summed E-state index contributed by atoms with van der Waals surface area (Å²) in [4.78, 5) is 14.8. The molecule has 0 saturated carbocycles. The fraction of sp³-hybridized carbons (Fsp3) is 0.409. The number of carbonyl (C=O) groups is 1. The highest BCUT2D eigenvalue weighted by molar-refractivity contribution is 5.89. The third-order valence-corrected chi connectivity index (χ3v) is 4.42. The molecule has 26 heavy (non-hydrogen) atoms. The van der Waals surface area contributed by atoms with Gasteiger partial charge in [-0.25, -0.2) is 4.79 Å². The van der Waals surface area contributed by atoms with Crippen molar-refractivity contribution in [2.75, 3.05) is 32.8 Å². The molecule has 2 aromatic carbocycles. The van der Waals surface area contributed by atoms with Gasteiger partial charge in [0, 0.05) is 6.54 Å². The summed E-state index contributed by atoms with van der Waals surface area (Å²) in [5.74, 6) is -0.328. The van der Waals surface area contributed by atoms with Crippen LogP contribution in [0.15, 0.2) is 54.6 Å². The zero-order chi connectivity index (χ0) is 18.8. The molecule has 0 aliphatic rings. The lowest BCUT2D eigenvalue weighted by atomic mass is 10.1. The van der Waals surface area contributed by atoms with Gasteiger partial charge in [0.25, 0.3) is 0 Å². The van der Waals surface area contributed by atoms with Gasteiger partial charge in [-0.3, -0.25) is 0 Å². The maximum atomic E-state index is 12.5. The van der Waals surface area contributed by atoms with Crippen LogP contribution in [0, 0.1) is 6.92 Å². The second-order valence-electron chi connectivity index (χ2n) is 6.27. The molecule has 0 amide bonds. The minimum atomic E-state index is -0.415. The van der Waals surface area contributed by atoms with E-state index < -0.39 is 6.10 Å². The van der Waals surface area contributed by atoms with Gasteiger partial charge in [0.15, 0.2) is 6.10 Å². The van der Waals surface area contributed by atoms with E-state index in [-0.39, 0.29) is 5.97 Å². The zero-order valence-corrected chi connectivity index (χ0v) is 16.0. The van der Waals surface area contributed by atoms with Crippen molar-refractivity contribution in [3.8, 4) is 0 Å². The van der Waals surface area contributed by atoms with Crippen molar-refractivity contribution in [1.29, 1.82) is 0 Å². The molecular weight excluding hydrogens is 326 g/mol. The van der Waals surface area contributed by atoms with Gasteiger partial charge in [-0.1, -0.05) is 61.9 Å². The highest BCUT2D eigenvalue weighted by Crippen LogP contribution is 2.20. The molecule has 0 aromatic heterocycles. The third kappa shape index (κ3) is 6.28. The number of nitrogens with zero attached hydrogens (tertiary/aromatic N) is 1. The number of aryl methyl sites for hydroxylation is 1. The largest absolute Gasteiger partial charge is 0.451 e. The lowest BCUT2D eigenvalue weighted by Gasteiger charge is -2.21. The fourth-order valence-electron chi connectivity index (χ4n) is 2.68. The van der Waals surface area contributed by atoms with Crippen molar-refractivity contribution in [1.82, 2.24) is 4.90 Å². The van der Waals surface area contributed by atoms with Crippen LogP contribution in [0.4, 0.5) is 0 Å². The Morgan fingerprint density at radius 2 is 1.65 bits per heavy atom. The average Bonchev–Trinajstić information content (AvgIpc) is 2.68. The molecular formula is C22H29NO3. The molecule has 1 atom stereocenters. The van der Waals surface area contributed by atoms with Crippen LogP contribution in [0.1, 0.15) is 41.4 Å². The van der Waals surface area contributed by atoms with Crippen molar-refractivity contribution < 1.29 is 14.3 Å². The second-order valence-corrected chi connectivity index (χ2v) is 6.27. The summed E-state index contributed by atoms with van der Waals surface area (Å²) < 4.78 is 11.6. The van der Waals surface area contributed by atoms with E-state index in [4.69, 9.17) is 9.47 Å². The lowest BCUT2D eigenvalue weighted by Crippen LogP contribution is -2.28. The Kier molecular flexibility index (Phi) is 8.32. The smallest absolute Gasteiger partial charge is 0.338 e. The number of rotatable bonds is 10. The molecule has 2 rings (SSSR count). The highest BCUT2D eigenvalue weighted by atomic mass is 16.6. The molecule has 2 aromatic rings. The first kappa shape index (κ1) is 20.1. The van der Waals surface area contributed by atoms with Crippen LogP contribution in [0.5, 0.6) is 0 Å². The fourth-order valence-corrected chi connectivity index (χ4v) is 2.68. The molecule has 0 saturated heterocycles. The van der Waals surface area contributed by atoms with Gasteiger partial charge < -0.3 is 14.4 Å². The number of likely N-dealkylation sites (N-methyl/N-ethyl adjacent to an activating group) is 1. The van der Waals surface area contributed by atoms with Crippen molar-refractivity contribution in [2.45, 2.75) is 26.9 Å². The normalized spacial score (nSPS) is 12.2. The first-order chi connectivity index (χ1) is 12.6. The molecule has 0 heterocycles. The highest BCUT2D eigenvalue weighted by Gasteiger charge is 2.18. The Hall–Kier alpha value is -2.17. The summed E-state index contributed by atoms with van der Waals surface area (Å²) in [6.45, 7) is 10.1. The van der Waals surface area contributed by atoms with Gasteiger partial charge in [0.1, 0.15) is 0 Å². The minimum absolute atomic E-state index is 0.328. The van der Waals surface area contributed by atoms with Gasteiger partial charge in [0.05, 0.1) is 18.8 Å². The summed E-state index contributed by atoms with van der Waals surface area (Å²) in [5.41, 5.74) is 2.61. The van der Waals surface area contributed by atoms with Gasteiger partial charge >= 0.3 is 5.97 Å². The molecule has 0 fully saturated rings. The van der Waals surface area contributed by atoms with Crippen molar-refractivity contribution in [3.05, 3.63) is 71.3 Å². The standard InChI is InChI=1S/C22H29NO3/c1-4-23(5-2)15-16-25-17-21(19-9-7-6-8-10-19)26-22(24)20-13-11-18(3)12-14-20/h6-14,21H,4-5,15-17H2,1-3H3. The van der Waals surface area contributed by atoms with Gasteiger partial charge in [-0.15, -0.1) is 0 Å². The summed E-state index contributed by atoms with van der Waals surface area (Å²) >= 11 is 0. The van der Waals surface area contributed by atoms with Gasteiger partial charge in [-0.05, 0) is 37.7 Å². The maximum Gasteiger partial charge on any atom is 0.338 e. The van der Waals surface area contributed by atoms with Crippen molar-refractivity contribution >= 4 is 5.97 Å². The summed E-state index contributed by atoms with van der Waals surface area (Å²) in [6, 6.07) is 17.2. The van der Waals surface area contributed by atoms with Crippen LogP contribution >= 0.6 is 0 Å². The number of hydrogen-bond donors (Lipinski definition) is 0. The molecule has 0 aliphatic carbocycles. The molecule has 0 aliphatic heterocycles. The Balaban J connectivity index is 1.98. The lowest BCUT2D eigenvalue weighted by molar-refractivity contribution is -0.00842. The first-order valence-corrected chi connectivity index (χ1v) is 9.26. The molecule has 0 radical (unpaired) electrons. The first-order valence-electron chi connectivity index (χ1n) is 9.26. The van der Waals surface area contributed by atoms with Crippen LogP contribution in [0.2, 0.25) is 0 Å². The van der Waals surface area contributed by atoms with E-state index in [9.17, 15) is 4.79 Å². The predicted molar refractivity (Wildman–Crippen MR) is 104 cm³/mol. The van der Waals surface area contributed by atoms with E-state index in [1.807, 2.05) is 49.4 Å². The Morgan fingerprint density at radius 1 is 1.00 bits per heavy atom. The van der Waals surface area contributed by atoms with Gasteiger partial charge in [0.2, 0.25) is 0 Å². The third-order valence-electron chi connectivity index (χ3n) is 4.42. The number of hydrogen-bond acceptors (Lipinski definition) is 4. The second kappa shape index (κ2) is 10.7. The summed E-state index contributed by atoms with van der Waals surface area (Å²) in [7, 11) is 0. The Morgan fingerprint density at radius 3 is 2.27 bits per heavy atom. The van der Waals surface area contributed by atoms with Crippen LogP contribution < -0.4 is 0 Å². The number of carbonyl (C=O) groups excluding carboxylic acids is 1. The van der Waals surface area contributed by atoms with Gasteiger partial charge in [-0.2, -0.15) is 0 Å². The average molecular weight is 355 g/mol. The molecule has 0 N–H and O–H groups in total. The van der Waals surface area contributed by atoms with E-state index in [1.165, 1.54) is 0 Å². The minimum Gasteiger partial charge on any atom is -0.451 e. The quantitative estimate of drug-likeness (QED) is 0.472. The predicted octanol–water partition coefficient (Wildman–Crippen LogP) is 4.25. The van der Waals surface area contributed by atoms with Crippen LogP contribution in [0.3, 0.4) is 0 Å². The van der Waals surface area contributed by atoms with Crippen LogP contribution in [-0.2, 0) is 9.47 Å². The van der Waals surface area contributed by atoms with Crippen molar-refractivity contribution in [2.24, 2.45) is 0 Å². The van der Waals surface area contributed by atoms with E-state index >= 15 is 0 Å². The Bertz CT molecular complexity index is 651. The molecule has 0 spiro atoms. The zero-order valence-electron chi connectivity index (χ0n) is 16.0.